The van der Waals surface area contributed by atoms with Crippen molar-refractivity contribution in [2.24, 2.45) is 0 Å². The second kappa shape index (κ2) is 9.91. The number of aromatic amines is 1. The number of ether oxygens (including phenoxy) is 1. The largest absolute Gasteiger partial charge is 0.465 e. The van der Waals surface area contributed by atoms with Crippen LogP contribution >= 0.6 is 11.6 Å². The highest BCUT2D eigenvalue weighted by atomic mass is 35.5. The fraction of sp³-hybridized carbons (Fsp3) is 0.407. The molecule has 35 heavy (non-hydrogen) atoms. The van der Waals surface area contributed by atoms with Gasteiger partial charge in [-0.05, 0) is 73.7 Å². The van der Waals surface area contributed by atoms with Gasteiger partial charge in [0.15, 0.2) is 0 Å². The lowest BCUT2D eigenvalue weighted by Gasteiger charge is -2.34. The molecule has 0 unspecified atom stereocenters. The number of benzene rings is 2. The fourth-order valence-electron chi connectivity index (χ4n) is 5.61. The van der Waals surface area contributed by atoms with Crippen LogP contribution in [0.15, 0.2) is 48.7 Å². The number of likely N-dealkylation sites (tertiary alicyclic amines) is 2. The lowest BCUT2D eigenvalue weighted by molar-refractivity contribution is 0.0601. The number of carbonyl (C=O) groups excluding carboxylic acids is 2. The van der Waals surface area contributed by atoms with Crippen molar-refractivity contribution in [2.75, 3.05) is 33.8 Å². The number of H-pyrrole nitrogens is 1. The van der Waals surface area contributed by atoms with Crippen molar-refractivity contribution >= 4 is 34.5 Å². The van der Waals surface area contributed by atoms with Crippen LogP contribution in [-0.2, 0) is 4.74 Å². The van der Waals surface area contributed by atoms with Crippen LogP contribution in [0.2, 0.25) is 5.02 Å². The summed E-state index contributed by atoms with van der Waals surface area (Å²) in [6.07, 6.45) is 4.73. The van der Waals surface area contributed by atoms with Gasteiger partial charge in [-0.2, -0.15) is 0 Å². The molecule has 2 fully saturated rings. The van der Waals surface area contributed by atoms with E-state index < -0.39 is 0 Å². The van der Waals surface area contributed by atoms with E-state index >= 15 is 0 Å². The average molecular weight is 495 g/mol. The maximum Gasteiger partial charge on any atom is 0.337 e. The van der Waals surface area contributed by atoms with E-state index in [9.17, 15) is 9.59 Å². The second-order valence-corrected chi connectivity index (χ2v) is 10.0. The van der Waals surface area contributed by atoms with Crippen molar-refractivity contribution in [3.63, 3.8) is 0 Å². The van der Waals surface area contributed by atoms with Crippen LogP contribution in [0.4, 0.5) is 4.79 Å². The molecule has 3 heterocycles. The summed E-state index contributed by atoms with van der Waals surface area (Å²) in [7, 11) is 3.50. The van der Waals surface area contributed by atoms with Crippen LogP contribution in [-0.4, -0.2) is 66.6 Å². The van der Waals surface area contributed by atoms with Gasteiger partial charge in [0.25, 0.3) is 0 Å². The molecule has 0 spiro atoms. The lowest BCUT2D eigenvalue weighted by Crippen LogP contribution is -2.48. The molecule has 0 aliphatic carbocycles. The number of hydrogen-bond donors (Lipinski definition) is 2. The molecule has 2 saturated heterocycles. The van der Waals surface area contributed by atoms with Crippen LogP contribution in [0.25, 0.3) is 10.9 Å². The fourth-order valence-corrected chi connectivity index (χ4v) is 5.74. The first-order valence-electron chi connectivity index (χ1n) is 12.1. The molecule has 7 nitrogen and oxygen atoms in total. The van der Waals surface area contributed by atoms with Crippen molar-refractivity contribution in [3.05, 3.63) is 70.4 Å². The van der Waals surface area contributed by atoms with Crippen LogP contribution in [0.5, 0.6) is 0 Å². The van der Waals surface area contributed by atoms with Gasteiger partial charge >= 0.3 is 12.0 Å². The number of carbonyl (C=O) groups is 2. The molecule has 0 bridgehead atoms. The summed E-state index contributed by atoms with van der Waals surface area (Å²) in [4.78, 5) is 32.7. The van der Waals surface area contributed by atoms with Crippen molar-refractivity contribution < 1.29 is 14.3 Å². The van der Waals surface area contributed by atoms with E-state index in [-0.39, 0.29) is 24.1 Å². The summed E-state index contributed by atoms with van der Waals surface area (Å²) in [6.45, 7) is 2.34. The van der Waals surface area contributed by atoms with Gasteiger partial charge in [-0.15, -0.1) is 0 Å². The topological polar surface area (TPSA) is 77.7 Å². The van der Waals surface area contributed by atoms with Gasteiger partial charge in [0.2, 0.25) is 0 Å². The number of esters is 1. The molecule has 2 aliphatic heterocycles. The van der Waals surface area contributed by atoms with Gasteiger partial charge in [0.1, 0.15) is 0 Å². The number of aromatic nitrogens is 1. The minimum absolute atomic E-state index is 0.00891. The van der Waals surface area contributed by atoms with Crippen LogP contribution in [0.3, 0.4) is 0 Å². The maximum absolute atomic E-state index is 13.2. The number of halogens is 1. The van der Waals surface area contributed by atoms with E-state index in [1.54, 1.807) is 6.07 Å². The molecule has 8 heteroatoms. The molecular formula is C27H31ClN4O3. The number of amides is 2. The molecule has 1 aromatic heterocycles. The van der Waals surface area contributed by atoms with E-state index in [0.29, 0.717) is 24.6 Å². The minimum atomic E-state index is -0.333. The highest BCUT2D eigenvalue weighted by Gasteiger charge is 2.35. The number of rotatable bonds is 4. The van der Waals surface area contributed by atoms with Gasteiger partial charge in [0.05, 0.1) is 24.8 Å². The van der Waals surface area contributed by atoms with Crippen molar-refractivity contribution in [1.82, 2.24) is 20.1 Å². The number of nitrogens with one attached hydrogen (secondary N) is 2. The Morgan fingerprint density at radius 3 is 2.51 bits per heavy atom. The first-order valence-corrected chi connectivity index (χ1v) is 12.5. The van der Waals surface area contributed by atoms with Gasteiger partial charge in [-0.25, -0.2) is 9.59 Å². The average Bonchev–Trinajstić information content (AvgIpc) is 3.47. The number of hydrogen-bond acceptors (Lipinski definition) is 4. The summed E-state index contributed by atoms with van der Waals surface area (Å²) in [6, 6.07) is 13.7. The Morgan fingerprint density at radius 2 is 1.80 bits per heavy atom. The lowest BCUT2D eigenvalue weighted by atomic mass is 9.89. The van der Waals surface area contributed by atoms with Crippen molar-refractivity contribution in [2.45, 2.75) is 37.3 Å². The SMILES string of the molecule is COC(=O)c1ccc2[nH]cc(C3CCN(C(=O)N[C@@H]4CCN(C)[C@H]4c4ccc(Cl)cc4)CC3)c2c1. The molecule has 2 N–H and O–H groups in total. The van der Waals surface area contributed by atoms with E-state index in [2.05, 4.69) is 22.2 Å². The smallest absolute Gasteiger partial charge is 0.337 e. The molecule has 2 atom stereocenters. The monoisotopic (exact) mass is 494 g/mol. The molecule has 2 amide bonds. The van der Waals surface area contributed by atoms with Crippen LogP contribution in [0, 0.1) is 0 Å². The first-order chi connectivity index (χ1) is 16.9. The molecule has 5 rings (SSSR count). The Labute approximate surface area is 210 Å². The Hall–Kier alpha value is -3.03. The Bertz CT molecular complexity index is 1220. The van der Waals surface area contributed by atoms with E-state index in [4.69, 9.17) is 16.3 Å². The van der Waals surface area contributed by atoms with Crippen molar-refractivity contribution in [3.8, 4) is 0 Å². The number of urea groups is 1. The van der Waals surface area contributed by atoms with E-state index in [1.165, 1.54) is 18.2 Å². The third-order valence-electron chi connectivity index (χ3n) is 7.53. The van der Waals surface area contributed by atoms with Gasteiger partial charge in [-0.3, -0.25) is 4.90 Å². The summed E-state index contributed by atoms with van der Waals surface area (Å²) in [5.41, 5.74) is 3.93. The summed E-state index contributed by atoms with van der Waals surface area (Å²) >= 11 is 6.07. The second-order valence-electron chi connectivity index (χ2n) is 9.58. The molecule has 0 radical (unpaired) electrons. The van der Waals surface area contributed by atoms with Gasteiger partial charge in [0, 0.05) is 41.8 Å². The predicted molar refractivity (Wildman–Crippen MR) is 137 cm³/mol. The number of methoxy groups -OCH3 is 1. The van der Waals surface area contributed by atoms with Gasteiger partial charge in [-0.1, -0.05) is 23.7 Å². The quantitative estimate of drug-likeness (QED) is 0.503. The third kappa shape index (κ3) is 4.75. The van der Waals surface area contributed by atoms with E-state index in [1.807, 2.05) is 47.5 Å². The maximum atomic E-state index is 13.2. The molecule has 2 aliphatic rings. The molecule has 0 saturated carbocycles. The Morgan fingerprint density at radius 1 is 1.06 bits per heavy atom. The summed E-state index contributed by atoms with van der Waals surface area (Å²) in [5, 5.41) is 5.07. The van der Waals surface area contributed by atoms with Crippen LogP contribution in [0.1, 0.15) is 52.7 Å². The number of piperidine rings is 1. The minimum Gasteiger partial charge on any atom is -0.465 e. The zero-order chi connectivity index (χ0) is 24.5. The van der Waals surface area contributed by atoms with Gasteiger partial charge < -0.3 is 19.9 Å². The first kappa shape index (κ1) is 23.7. The van der Waals surface area contributed by atoms with Crippen LogP contribution < -0.4 is 5.32 Å². The number of likely N-dealkylation sites (N-methyl/N-ethyl adjacent to an activating group) is 1. The predicted octanol–water partition coefficient (Wildman–Crippen LogP) is 4.94. The Kier molecular flexibility index (Phi) is 6.71. The highest BCUT2D eigenvalue weighted by molar-refractivity contribution is 6.30. The third-order valence-corrected chi connectivity index (χ3v) is 7.78. The highest BCUT2D eigenvalue weighted by Crippen LogP contribution is 2.35. The number of nitrogens with zero attached hydrogens (tertiary/aromatic N) is 2. The molecule has 3 aromatic rings. The molecular weight excluding hydrogens is 464 g/mol. The summed E-state index contributed by atoms with van der Waals surface area (Å²) in [5.74, 6) is 0.000119. The standard InChI is InChI=1S/C27H31ClN4O3/c1-31-12-11-24(25(31)18-3-6-20(28)7-4-18)30-27(34)32-13-9-17(10-14-32)22-16-29-23-8-5-19(15-21(22)23)26(33)35-2/h3-8,15-17,24-25,29H,9-14H2,1-2H3,(H,30,34)/t24-,25+/m1/s1. The Balaban J connectivity index is 1.23. The zero-order valence-corrected chi connectivity index (χ0v) is 20.8. The molecule has 2 aromatic carbocycles. The van der Waals surface area contributed by atoms with Crippen molar-refractivity contribution in [1.29, 1.82) is 0 Å². The van der Waals surface area contributed by atoms with E-state index in [0.717, 1.165) is 41.7 Å². The number of fused-ring (bicyclic) bond motifs is 1. The molecule has 184 valence electrons. The zero-order valence-electron chi connectivity index (χ0n) is 20.1. The summed E-state index contributed by atoms with van der Waals surface area (Å²) < 4.78 is 4.88. The normalized spacial score (nSPS) is 21.4.